The average molecular weight is 288 g/mol. The Morgan fingerprint density at radius 1 is 1.00 bits per heavy atom. The molecule has 0 aliphatic heterocycles. The van der Waals surface area contributed by atoms with E-state index in [1.54, 1.807) is 24.3 Å². The molecule has 0 aliphatic carbocycles. The molecule has 0 aromatic heterocycles. The fourth-order valence-corrected chi connectivity index (χ4v) is 2.29. The lowest BCUT2D eigenvalue weighted by atomic mass is 10.0. The third-order valence-electron chi connectivity index (χ3n) is 3.23. The van der Waals surface area contributed by atoms with Crippen LogP contribution >= 0.6 is 0 Å². The van der Waals surface area contributed by atoms with Crippen LogP contribution in [0.3, 0.4) is 0 Å². The van der Waals surface area contributed by atoms with Gasteiger partial charge in [0.25, 0.3) is 0 Å². The van der Waals surface area contributed by atoms with Crippen LogP contribution < -0.4 is 4.74 Å². The quantitative estimate of drug-likeness (QED) is 0.378. The molecule has 0 saturated heterocycles. The molecule has 0 radical (unpaired) electrons. The Bertz CT molecular complexity index is 859. The van der Waals surface area contributed by atoms with Crippen LogP contribution in [0, 0.1) is 11.6 Å². The van der Waals surface area contributed by atoms with Gasteiger partial charge in [-0.1, -0.05) is 24.3 Å². The highest BCUT2D eigenvalue weighted by molar-refractivity contribution is 6.06. The summed E-state index contributed by atoms with van der Waals surface area (Å²) in [7, 11) is 1.15. The van der Waals surface area contributed by atoms with Crippen molar-refractivity contribution in [2.45, 2.75) is 0 Å². The van der Waals surface area contributed by atoms with Gasteiger partial charge in [-0.05, 0) is 23.6 Å². The number of carbonyl (C=O) groups excluding carboxylic acids is 1. The number of hydrogen-bond donors (Lipinski definition) is 0. The molecule has 0 spiro atoms. The molecule has 3 aromatic carbocycles. The number of fused-ring (bicyclic) bond motifs is 2. The maximum Gasteiger partial charge on any atom is 0.513 e. The average Bonchev–Trinajstić information content (AvgIpc) is 2.50. The third-order valence-corrected chi connectivity index (χ3v) is 3.23. The summed E-state index contributed by atoms with van der Waals surface area (Å²) in [5.41, 5.74) is 0. The van der Waals surface area contributed by atoms with Crippen molar-refractivity contribution in [2.75, 3.05) is 7.11 Å². The largest absolute Gasteiger partial charge is 0.513 e. The van der Waals surface area contributed by atoms with Gasteiger partial charge < -0.3 is 9.47 Å². The molecule has 21 heavy (non-hydrogen) atoms. The molecule has 3 aromatic rings. The summed E-state index contributed by atoms with van der Waals surface area (Å²) < 4.78 is 37.6. The van der Waals surface area contributed by atoms with Crippen LogP contribution in [0.5, 0.6) is 5.75 Å². The van der Waals surface area contributed by atoms with Gasteiger partial charge in [0.15, 0.2) is 5.75 Å². The first-order chi connectivity index (χ1) is 10.1. The summed E-state index contributed by atoms with van der Waals surface area (Å²) >= 11 is 0. The van der Waals surface area contributed by atoms with Crippen molar-refractivity contribution in [3.8, 4) is 5.75 Å². The Balaban J connectivity index is 2.46. The SMILES string of the molecule is COC(=O)Oc1c2ccccc2cc2c(F)ccc(F)c12. The second-order valence-electron chi connectivity index (χ2n) is 4.43. The Hall–Kier alpha value is -2.69. The van der Waals surface area contributed by atoms with Crippen molar-refractivity contribution >= 4 is 27.7 Å². The van der Waals surface area contributed by atoms with Crippen LogP contribution in [-0.2, 0) is 4.74 Å². The second kappa shape index (κ2) is 5.01. The van der Waals surface area contributed by atoms with Gasteiger partial charge in [-0.3, -0.25) is 0 Å². The lowest BCUT2D eigenvalue weighted by Crippen LogP contribution is -2.08. The second-order valence-corrected chi connectivity index (χ2v) is 4.43. The first kappa shape index (κ1) is 13.3. The van der Waals surface area contributed by atoms with Gasteiger partial charge in [0.2, 0.25) is 0 Å². The molecule has 0 aliphatic rings. The predicted octanol–water partition coefficient (Wildman–Crippen LogP) is 4.42. The van der Waals surface area contributed by atoms with Crippen molar-refractivity contribution in [3.05, 3.63) is 54.1 Å². The van der Waals surface area contributed by atoms with E-state index in [1.807, 2.05) is 0 Å². The summed E-state index contributed by atoms with van der Waals surface area (Å²) in [5.74, 6) is -1.31. The Kier molecular flexibility index (Phi) is 3.17. The summed E-state index contributed by atoms with van der Waals surface area (Å²) in [6, 6.07) is 10.4. The molecular weight excluding hydrogens is 278 g/mol. The van der Waals surface area contributed by atoms with E-state index in [9.17, 15) is 13.6 Å². The van der Waals surface area contributed by atoms with Crippen LogP contribution in [0.2, 0.25) is 0 Å². The number of rotatable bonds is 1. The lowest BCUT2D eigenvalue weighted by molar-refractivity contribution is 0.122. The first-order valence-electron chi connectivity index (χ1n) is 6.17. The Morgan fingerprint density at radius 3 is 2.48 bits per heavy atom. The zero-order chi connectivity index (χ0) is 15.0. The first-order valence-corrected chi connectivity index (χ1v) is 6.17. The van der Waals surface area contributed by atoms with Crippen molar-refractivity contribution in [3.63, 3.8) is 0 Å². The number of halogens is 2. The van der Waals surface area contributed by atoms with Gasteiger partial charge in [0.1, 0.15) is 11.6 Å². The van der Waals surface area contributed by atoms with Crippen molar-refractivity contribution in [1.82, 2.24) is 0 Å². The molecule has 106 valence electrons. The molecule has 5 heteroatoms. The maximum atomic E-state index is 14.1. The molecule has 0 amide bonds. The standard InChI is InChI=1S/C16H10F2O3/c1-20-16(19)21-15-10-5-3-2-4-9(10)8-11-12(17)6-7-13(18)14(11)15/h2-8H,1H3. The minimum Gasteiger partial charge on any atom is -0.437 e. The van der Waals surface area contributed by atoms with Crippen molar-refractivity contribution in [1.29, 1.82) is 0 Å². The van der Waals surface area contributed by atoms with Crippen LogP contribution in [0.25, 0.3) is 21.5 Å². The molecule has 0 N–H and O–H groups in total. The highest BCUT2D eigenvalue weighted by Gasteiger charge is 2.18. The third kappa shape index (κ3) is 2.16. The number of ether oxygens (including phenoxy) is 2. The number of hydrogen-bond acceptors (Lipinski definition) is 3. The number of carbonyl (C=O) groups is 1. The van der Waals surface area contributed by atoms with Gasteiger partial charge in [-0.15, -0.1) is 0 Å². The minimum atomic E-state index is -0.990. The van der Waals surface area contributed by atoms with E-state index >= 15 is 0 Å². The molecule has 0 saturated carbocycles. The van der Waals surface area contributed by atoms with E-state index in [2.05, 4.69) is 4.74 Å². The van der Waals surface area contributed by atoms with E-state index in [1.165, 1.54) is 6.07 Å². The zero-order valence-electron chi connectivity index (χ0n) is 11.0. The van der Waals surface area contributed by atoms with E-state index in [-0.39, 0.29) is 16.5 Å². The van der Waals surface area contributed by atoms with E-state index in [4.69, 9.17) is 4.74 Å². The smallest absolute Gasteiger partial charge is 0.437 e. The predicted molar refractivity (Wildman–Crippen MR) is 74.4 cm³/mol. The van der Waals surface area contributed by atoms with Gasteiger partial charge in [0.05, 0.1) is 12.5 Å². The summed E-state index contributed by atoms with van der Waals surface area (Å²) in [6.07, 6.45) is -0.990. The van der Waals surface area contributed by atoms with Crippen molar-refractivity contribution < 1.29 is 23.0 Å². The maximum absolute atomic E-state index is 14.1. The summed E-state index contributed by atoms with van der Waals surface area (Å²) in [6.45, 7) is 0. The van der Waals surface area contributed by atoms with E-state index < -0.39 is 17.8 Å². The highest BCUT2D eigenvalue weighted by Crippen LogP contribution is 2.37. The molecule has 0 heterocycles. The number of benzene rings is 3. The van der Waals surface area contributed by atoms with E-state index in [0.717, 1.165) is 19.2 Å². The molecule has 3 nitrogen and oxygen atoms in total. The van der Waals surface area contributed by atoms with Crippen LogP contribution in [0.4, 0.5) is 13.6 Å². The van der Waals surface area contributed by atoms with Crippen LogP contribution in [0.15, 0.2) is 42.5 Å². The molecule has 3 rings (SSSR count). The number of methoxy groups -OCH3 is 1. The monoisotopic (exact) mass is 288 g/mol. The highest BCUT2D eigenvalue weighted by atomic mass is 19.1. The molecule has 0 unspecified atom stereocenters. The summed E-state index contributed by atoms with van der Waals surface area (Å²) in [5, 5.41) is 1.10. The zero-order valence-corrected chi connectivity index (χ0v) is 11.0. The molecule has 0 fully saturated rings. The van der Waals surface area contributed by atoms with Crippen molar-refractivity contribution in [2.24, 2.45) is 0 Å². The van der Waals surface area contributed by atoms with Gasteiger partial charge in [0, 0.05) is 10.8 Å². The van der Waals surface area contributed by atoms with Crippen LogP contribution in [0.1, 0.15) is 0 Å². The fourth-order valence-electron chi connectivity index (χ4n) is 2.29. The fraction of sp³-hybridized carbons (Fsp3) is 0.0625. The van der Waals surface area contributed by atoms with Gasteiger partial charge >= 0.3 is 6.16 Å². The topological polar surface area (TPSA) is 35.5 Å². The minimum absolute atomic E-state index is 0.0487. The van der Waals surface area contributed by atoms with Gasteiger partial charge in [-0.25, -0.2) is 13.6 Å². The lowest BCUT2D eigenvalue weighted by Gasteiger charge is -2.12. The summed E-state index contributed by atoms with van der Waals surface area (Å²) in [4.78, 5) is 11.4. The van der Waals surface area contributed by atoms with E-state index in [0.29, 0.717) is 10.8 Å². The Morgan fingerprint density at radius 2 is 1.71 bits per heavy atom. The molecule has 0 atom stereocenters. The van der Waals surface area contributed by atoms with Gasteiger partial charge in [-0.2, -0.15) is 0 Å². The molecule has 0 bridgehead atoms. The Labute approximate surface area is 118 Å². The normalized spacial score (nSPS) is 10.8. The van der Waals surface area contributed by atoms with Crippen LogP contribution in [-0.4, -0.2) is 13.3 Å². The molecular formula is C16H10F2O3.